The minimum atomic E-state index is -0.0893. The molecule has 4 heteroatoms. The van der Waals surface area contributed by atoms with Crippen LogP contribution in [0.15, 0.2) is 59.2 Å². The molecular weight excluding hydrogens is 316 g/mol. The van der Waals surface area contributed by atoms with Gasteiger partial charge < -0.3 is 5.73 Å². The molecule has 98 valence electrons. The first kappa shape index (κ1) is 12.8. The zero-order valence-electron chi connectivity index (χ0n) is 10.5. The summed E-state index contributed by atoms with van der Waals surface area (Å²) in [7, 11) is 0. The molecule has 0 bridgehead atoms. The molecule has 1 aromatic heterocycles. The van der Waals surface area contributed by atoms with Gasteiger partial charge in [-0.05, 0) is 30.3 Å². The molecule has 0 radical (unpaired) electrons. The number of carbonyl (C=O) groups excluding carboxylic acids is 1. The highest BCUT2D eigenvalue weighted by atomic mass is 79.9. The summed E-state index contributed by atoms with van der Waals surface area (Å²) < 4.78 is 0.853. The largest absolute Gasteiger partial charge is 0.398 e. The number of ketones is 1. The number of nitrogens with two attached hydrogens (primary N) is 1. The van der Waals surface area contributed by atoms with Gasteiger partial charge in [-0.2, -0.15) is 0 Å². The molecular formula is C16H11BrN2O. The minimum absolute atomic E-state index is 0.0893. The number of aromatic nitrogens is 1. The van der Waals surface area contributed by atoms with Crippen LogP contribution in [0.3, 0.4) is 0 Å². The Morgan fingerprint density at radius 2 is 1.90 bits per heavy atom. The molecule has 2 N–H and O–H groups in total. The zero-order chi connectivity index (χ0) is 14.1. The van der Waals surface area contributed by atoms with E-state index < -0.39 is 0 Å². The molecule has 0 saturated heterocycles. The summed E-state index contributed by atoms with van der Waals surface area (Å²) in [5.41, 5.74) is 8.32. The van der Waals surface area contributed by atoms with E-state index in [1.54, 1.807) is 24.4 Å². The van der Waals surface area contributed by atoms with Crippen LogP contribution in [0.1, 0.15) is 15.9 Å². The van der Waals surface area contributed by atoms with Crippen LogP contribution in [-0.4, -0.2) is 10.8 Å². The van der Waals surface area contributed by atoms with Gasteiger partial charge in [-0.3, -0.25) is 9.78 Å². The molecule has 3 rings (SSSR count). The highest BCUT2D eigenvalue weighted by molar-refractivity contribution is 9.10. The topological polar surface area (TPSA) is 56.0 Å². The van der Waals surface area contributed by atoms with E-state index >= 15 is 0 Å². The highest BCUT2D eigenvalue weighted by Gasteiger charge is 2.15. The molecule has 2 aromatic carbocycles. The predicted octanol–water partition coefficient (Wildman–Crippen LogP) is 3.81. The summed E-state index contributed by atoms with van der Waals surface area (Å²) in [6.07, 6.45) is 1.71. The number of nitrogens with zero attached hydrogens (tertiary/aromatic N) is 1. The number of hydrogen-bond acceptors (Lipinski definition) is 3. The third-order valence-electron chi connectivity index (χ3n) is 3.15. The van der Waals surface area contributed by atoms with Gasteiger partial charge >= 0.3 is 0 Å². The lowest BCUT2D eigenvalue weighted by molar-refractivity contribution is 0.104. The summed E-state index contributed by atoms with van der Waals surface area (Å²) in [4.78, 5) is 16.9. The molecule has 3 nitrogen and oxygen atoms in total. The average Bonchev–Trinajstić information content (AvgIpc) is 2.46. The van der Waals surface area contributed by atoms with E-state index in [0.717, 1.165) is 15.4 Å². The lowest BCUT2D eigenvalue weighted by Crippen LogP contribution is -2.06. The first-order valence-electron chi connectivity index (χ1n) is 6.10. The Bertz CT molecular complexity index is 809. The van der Waals surface area contributed by atoms with Crippen molar-refractivity contribution in [1.82, 2.24) is 4.98 Å². The molecule has 1 heterocycles. The van der Waals surface area contributed by atoms with Crippen molar-refractivity contribution in [3.63, 3.8) is 0 Å². The first-order chi connectivity index (χ1) is 9.66. The predicted molar refractivity (Wildman–Crippen MR) is 83.7 cm³/mol. The van der Waals surface area contributed by atoms with Crippen molar-refractivity contribution in [2.45, 2.75) is 0 Å². The fourth-order valence-corrected chi connectivity index (χ4v) is 2.57. The second kappa shape index (κ2) is 5.06. The normalized spacial score (nSPS) is 10.7. The second-order valence-electron chi connectivity index (χ2n) is 4.44. The Balaban J connectivity index is 2.18. The second-order valence-corrected chi connectivity index (χ2v) is 5.35. The van der Waals surface area contributed by atoms with Crippen LogP contribution >= 0.6 is 15.9 Å². The number of hydrogen-bond donors (Lipinski definition) is 1. The Hall–Kier alpha value is -2.20. The zero-order valence-corrected chi connectivity index (χ0v) is 12.1. The van der Waals surface area contributed by atoms with Gasteiger partial charge in [0.15, 0.2) is 5.78 Å². The quantitative estimate of drug-likeness (QED) is 0.575. The number of fused-ring (bicyclic) bond motifs is 1. The number of anilines is 1. The molecule has 0 aliphatic heterocycles. The molecule has 0 atom stereocenters. The van der Waals surface area contributed by atoms with E-state index in [2.05, 4.69) is 20.9 Å². The number of pyridine rings is 1. The Labute approximate surface area is 124 Å². The van der Waals surface area contributed by atoms with Crippen molar-refractivity contribution >= 4 is 38.3 Å². The van der Waals surface area contributed by atoms with Crippen LogP contribution < -0.4 is 5.73 Å². The standard InChI is InChI=1S/C16H11BrN2O/c17-10-6-7-13(14(18)9-10)16(20)12-3-1-5-15-11(12)4-2-8-19-15/h1-9H,18H2. The molecule has 0 saturated carbocycles. The van der Waals surface area contributed by atoms with Crippen LogP contribution in [0.4, 0.5) is 5.69 Å². The van der Waals surface area contributed by atoms with Gasteiger partial charge in [-0.15, -0.1) is 0 Å². The molecule has 0 spiro atoms. The van der Waals surface area contributed by atoms with Gasteiger partial charge in [-0.1, -0.05) is 34.1 Å². The maximum atomic E-state index is 12.7. The van der Waals surface area contributed by atoms with Crippen molar-refractivity contribution in [2.75, 3.05) is 5.73 Å². The third kappa shape index (κ3) is 2.18. The Morgan fingerprint density at radius 3 is 2.70 bits per heavy atom. The summed E-state index contributed by atoms with van der Waals surface area (Å²) in [6, 6.07) is 14.5. The first-order valence-corrected chi connectivity index (χ1v) is 6.89. The number of carbonyl (C=O) groups is 1. The van der Waals surface area contributed by atoms with Crippen LogP contribution in [0.5, 0.6) is 0 Å². The summed E-state index contributed by atoms with van der Waals surface area (Å²) in [6.45, 7) is 0. The maximum absolute atomic E-state index is 12.7. The number of nitrogen functional groups attached to an aromatic ring is 1. The van der Waals surface area contributed by atoms with Crippen molar-refractivity contribution < 1.29 is 4.79 Å². The SMILES string of the molecule is Nc1cc(Br)ccc1C(=O)c1cccc2ncccc12. The van der Waals surface area contributed by atoms with Gasteiger partial charge in [-0.25, -0.2) is 0 Å². The monoisotopic (exact) mass is 326 g/mol. The van der Waals surface area contributed by atoms with Gasteiger partial charge in [0, 0.05) is 32.9 Å². The number of benzene rings is 2. The summed E-state index contributed by atoms with van der Waals surface area (Å²) >= 11 is 3.34. The highest BCUT2D eigenvalue weighted by Crippen LogP contribution is 2.24. The van der Waals surface area contributed by atoms with Crippen molar-refractivity contribution in [3.05, 3.63) is 70.3 Å². The van der Waals surface area contributed by atoms with Gasteiger partial charge in [0.1, 0.15) is 0 Å². The minimum Gasteiger partial charge on any atom is -0.398 e. The van der Waals surface area contributed by atoms with Crippen LogP contribution in [0.2, 0.25) is 0 Å². The molecule has 0 aliphatic rings. The third-order valence-corrected chi connectivity index (χ3v) is 3.64. The van der Waals surface area contributed by atoms with E-state index in [9.17, 15) is 4.79 Å². The van der Waals surface area contributed by atoms with E-state index in [0.29, 0.717) is 16.8 Å². The van der Waals surface area contributed by atoms with Crippen LogP contribution in [-0.2, 0) is 0 Å². The van der Waals surface area contributed by atoms with Crippen LogP contribution in [0, 0.1) is 0 Å². The Kier molecular flexibility index (Phi) is 3.24. The fourth-order valence-electron chi connectivity index (χ4n) is 2.19. The van der Waals surface area contributed by atoms with Gasteiger partial charge in [0.25, 0.3) is 0 Å². The van der Waals surface area contributed by atoms with E-state index in [1.807, 2.05) is 30.3 Å². The molecule has 3 aromatic rings. The van der Waals surface area contributed by atoms with E-state index in [4.69, 9.17) is 5.73 Å². The van der Waals surface area contributed by atoms with Crippen LogP contribution in [0.25, 0.3) is 10.9 Å². The van der Waals surface area contributed by atoms with Gasteiger partial charge in [0.2, 0.25) is 0 Å². The molecule has 20 heavy (non-hydrogen) atoms. The maximum Gasteiger partial charge on any atom is 0.195 e. The molecule has 0 fully saturated rings. The molecule has 0 aliphatic carbocycles. The lowest BCUT2D eigenvalue weighted by Gasteiger charge is -2.08. The Morgan fingerprint density at radius 1 is 1.05 bits per heavy atom. The lowest BCUT2D eigenvalue weighted by atomic mass is 9.98. The van der Waals surface area contributed by atoms with Crippen molar-refractivity contribution in [3.8, 4) is 0 Å². The number of rotatable bonds is 2. The fraction of sp³-hybridized carbons (Fsp3) is 0. The average molecular weight is 327 g/mol. The van der Waals surface area contributed by atoms with E-state index in [-0.39, 0.29) is 5.78 Å². The van der Waals surface area contributed by atoms with Crippen molar-refractivity contribution in [1.29, 1.82) is 0 Å². The van der Waals surface area contributed by atoms with Gasteiger partial charge in [0.05, 0.1) is 5.52 Å². The molecule has 0 unspecified atom stereocenters. The smallest absolute Gasteiger partial charge is 0.195 e. The summed E-state index contributed by atoms with van der Waals surface area (Å²) in [5.74, 6) is -0.0893. The number of halogens is 1. The molecule has 0 amide bonds. The van der Waals surface area contributed by atoms with Crippen molar-refractivity contribution in [2.24, 2.45) is 0 Å². The summed E-state index contributed by atoms with van der Waals surface area (Å²) in [5, 5.41) is 0.835. The van der Waals surface area contributed by atoms with E-state index in [1.165, 1.54) is 0 Å².